The molecule has 1 N–H and O–H groups in total. The van der Waals surface area contributed by atoms with Crippen LogP contribution in [-0.4, -0.2) is 50.8 Å². The highest BCUT2D eigenvalue weighted by Gasteiger charge is 2.31. The highest BCUT2D eigenvalue weighted by Crippen LogP contribution is 2.28. The summed E-state index contributed by atoms with van der Waals surface area (Å²) in [5, 5.41) is 3.27. The minimum absolute atomic E-state index is 0.0279. The van der Waals surface area contributed by atoms with Gasteiger partial charge in [-0.05, 0) is 25.5 Å². The molecule has 1 aliphatic rings. The molecule has 1 aromatic heterocycles. The third-order valence-corrected chi connectivity index (χ3v) is 4.28. The van der Waals surface area contributed by atoms with Crippen molar-refractivity contribution >= 4 is 17.2 Å². The summed E-state index contributed by atoms with van der Waals surface area (Å²) in [6.07, 6.45) is 0.873. The lowest BCUT2D eigenvalue weighted by atomic mass is 10.3. The third kappa shape index (κ3) is 4.02. The normalized spacial score (nSPS) is 19.0. The number of carbonyl (C=O) groups is 1. The molecule has 20 heavy (non-hydrogen) atoms. The van der Waals surface area contributed by atoms with Crippen molar-refractivity contribution in [1.29, 1.82) is 0 Å². The van der Waals surface area contributed by atoms with Crippen LogP contribution in [0.25, 0.3) is 0 Å². The molecule has 1 unspecified atom stereocenters. The topological polar surface area (TPSA) is 50.8 Å². The third-order valence-electron chi connectivity index (χ3n) is 3.23. The molecule has 2 heterocycles. The summed E-state index contributed by atoms with van der Waals surface area (Å²) in [6.45, 7) is 5.10. The fourth-order valence-electron chi connectivity index (χ4n) is 2.23. The van der Waals surface area contributed by atoms with Gasteiger partial charge in [0.15, 0.2) is 0 Å². The van der Waals surface area contributed by atoms with Gasteiger partial charge in [-0.3, -0.25) is 10.1 Å². The maximum absolute atomic E-state index is 11.9. The molecule has 1 aromatic rings. The van der Waals surface area contributed by atoms with Gasteiger partial charge in [-0.15, -0.1) is 11.3 Å². The Morgan fingerprint density at radius 2 is 2.25 bits per heavy atom. The first-order valence-corrected chi connectivity index (χ1v) is 7.70. The second kappa shape index (κ2) is 7.73. The summed E-state index contributed by atoms with van der Waals surface area (Å²) in [5.74, 6) is 0.165. The first kappa shape index (κ1) is 15.4. The predicted molar refractivity (Wildman–Crippen MR) is 78.8 cm³/mol. The maximum atomic E-state index is 11.9. The number of carbonyl (C=O) groups excluding carboxylic acids is 1. The fourth-order valence-corrected chi connectivity index (χ4v) is 3.20. The van der Waals surface area contributed by atoms with E-state index in [0.29, 0.717) is 26.4 Å². The van der Waals surface area contributed by atoms with Crippen LogP contribution < -0.4 is 5.32 Å². The maximum Gasteiger partial charge on any atom is 0.238 e. The molecule has 2 rings (SSSR count). The zero-order chi connectivity index (χ0) is 14.4. The number of nitrogens with one attached hydrogen (secondary N) is 1. The van der Waals surface area contributed by atoms with E-state index >= 15 is 0 Å². The first-order valence-electron chi connectivity index (χ1n) is 6.88. The largest absolute Gasteiger partial charge is 0.382 e. The molecule has 0 saturated carbocycles. The van der Waals surface area contributed by atoms with Crippen molar-refractivity contribution in [3.8, 4) is 0 Å². The molecule has 0 radical (unpaired) electrons. The number of methoxy groups -OCH3 is 1. The van der Waals surface area contributed by atoms with Crippen molar-refractivity contribution in [2.24, 2.45) is 0 Å². The molecule has 1 atom stereocenters. The molecule has 112 valence electrons. The number of hydrogen-bond donors (Lipinski definition) is 1. The van der Waals surface area contributed by atoms with E-state index in [2.05, 4.69) is 24.4 Å². The summed E-state index contributed by atoms with van der Waals surface area (Å²) in [6, 6.07) is 4.19. The van der Waals surface area contributed by atoms with Crippen molar-refractivity contribution in [3.05, 3.63) is 21.9 Å². The highest BCUT2D eigenvalue weighted by molar-refractivity contribution is 7.12. The summed E-state index contributed by atoms with van der Waals surface area (Å²) >= 11 is 1.74. The Bertz CT molecular complexity index is 436. The summed E-state index contributed by atoms with van der Waals surface area (Å²) in [5.41, 5.74) is 0. The Morgan fingerprint density at radius 1 is 1.40 bits per heavy atom. The molecule has 1 aliphatic heterocycles. The van der Waals surface area contributed by atoms with Crippen LogP contribution in [0.4, 0.5) is 0 Å². The second-order valence-electron chi connectivity index (χ2n) is 4.78. The van der Waals surface area contributed by atoms with Crippen LogP contribution in [0.5, 0.6) is 0 Å². The minimum Gasteiger partial charge on any atom is -0.382 e. The van der Waals surface area contributed by atoms with Gasteiger partial charge < -0.3 is 14.4 Å². The molecular weight excluding hydrogens is 276 g/mol. The molecule has 5 nitrogen and oxygen atoms in total. The van der Waals surface area contributed by atoms with E-state index in [4.69, 9.17) is 9.47 Å². The molecule has 1 saturated heterocycles. The van der Waals surface area contributed by atoms with E-state index in [-0.39, 0.29) is 12.1 Å². The zero-order valence-corrected chi connectivity index (χ0v) is 12.9. The number of amides is 1. The van der Waals surface area contributed by atoms with E-state index in [0.717, 1.165) is 13.0 Å². The molecule has 0 aromatic carbocycles. The Labute approximate surface area is 123 Å². The second-order valence-corrected chi connectivity index (χ2v) is 6.10. The van der Waals surface area contributed by atoms with Crippen molar-refractivity contribution in [3.63, 3.8) is 0 Å². The molecule has 0 spiro atoms. The van der Waals surface area contributed by atoms with Crippen LogP contribution in [0.15, 0.2) is 12.1 Å². The molecule has 1 fully saturated rings. The molecule has 1 amide bonds. The van der Waals surface area contributed by atoms with Crippen molar-refractivity contribution in [2.45, 2.75) is 19.5 Å². The van der Waals surface area contributed by atoms with E-state index in [9.17, 15) is 4.79 Å². The monoisotopic (exact) mass is 298 g/mol. The lowest BCUT2D eigenvalue weighted by molar-refractivity contribution is -0.128. The van der Waals surface area contributed by atoms with E-state index < -0.39 is 0 Å². The SMILES string of the molecule is COCCOCCCN1C(=O)CNC1c1ccc(C)s1. The lowest BCUT2D eigenvalue weighted by Gasteiger charge is -2.23. The van der Waals surface area contributed by atoms with Crippen LogP contribution >= 0.6 is 11.3 Å². The van der Waals surface area contributed by atoms with Crippen molar-refractivity contribution in [2.75, 3.05) is 40.0 Å². The quantitative estimate of drug-likeness (QED) is 0.740. The Hall–Kier alpha value is -0.950. The molecule has 0 bridgehead atoms. The standard InChI is InChI=1S/C14H22N2O3S/c1-11-4-5-12(20-11)14-15-10-13(17)16(14)6-3-7-19-9-8-18-2/h4-5,14-15H,3,6-10H2,1-2H3. The number of rotatable bonds is 8. The Morgan fingerprint density at radius 3 is 2.95 bits per heavy atom. The smallest absolute Gasteiger partial charge is 0.238 e. The van der Waals surface area contributed by atoms with E-state index in [1.54, 1.807) is 18.4 Å². The highest BCUT2D eigenvalue weighted by atomic mass is 32.1. The number of nitrogens with zero attached hydrogens (tertiary/aromatic N) is 1. The van der Waals surface area contributed by atoms with Gasteiger partial charge in [0, 0.05) is 30.0 Å². The lowest BCUT2D eigenvalue weighted by Crippen LogP contribution is -2.31. The van der Waals surface area contributed by atoms with Crippen LogP contribution in [0, 0.1) is 6.92 Å². The van der Waals surface area contributed by atoms with E-state index in [1.807, 2.05) is 4.90 Å². The van der Waals surface area contributed by atoms with Gasteiger partial charge in [0.2, 0.25) is 5.91 Å². The van der Waals surface area contributed by atoms with Gasteiger partial charge in [0.1, 0.15) is 6.17 Å². The van der Waals surface area contributed by atoms with E-state index in [1.165, 1.54) is 9.75 Å². The number of aryl methyl sites for hydroxylation is 1. The molecule has 6 heteroatoms. The van der Waals surface area contributed by atoms with Crippen LogP contribution in [0.3, 0.4) is 0 Å². The summed E-state index contributed by atoms with van der Waals surface area (Å²) < 4.78 is 10.4. The van der Waals surface area contributed by atoms with Gasteiger partial charge in [0.25, 0.3) is 0 Å². The van der Waals surface area contributed by atoms with Gasteiger partial charge in [-0.25, -0.2) is 0 Å². The number of thiophene rings is 1. The van der Waals surface area contributed by atoms with Gasteiger partial charge in [-0.2, -0.15) is 0 Å². The Balaban J connectivity index is 1.80. The van der Waals surface area contributed by atoms with Crippen LogP contribution in [0.1, 0.15) is 22.3 Å². The van der Waals surface area contributed by atoms with Crippen molar-refractivity contribution in [1.82, 2.24) is 10.2 Å². The van der Waals surface area contributed by atoms with Gasteiger partial charge >= 0.3 is 0 Å². The van der Waals surface area contributed by atoms with Gasteiger partial charge in [-0.1, -0.05) is 0 Å². The minimum atomic E-state index is 0.0279. The van der Waals surface area contributed by atoms with Crippen LogP contribution in [0.2, 0.25) is 0 Å². The Kier molecular flexibility index (Phi) is 5.97. The zero-order valence-electron chi connectivity index (χ0n) is 12.1. The van der Waals surface area contributed by atoms with Gasteiger partial charge in [0.05, 0.1) is 19.8 Å². The summed E-state index contributed by atoms with van der Waals surface area (Å²) in [7, 11) is 1.66. The predicted octanol–water partition coefficient (Wildman–Crippen LogP) is 1.54. The number of hydrogen-bond acceptors (Lipinski definition) is 5. The van der Waals surface area contributed by atoms with Crippen molar-refractivity contribution < 1.29 is 14.3 Å². The average molecular weight is 298 g/mol. The molecular formula is C14H22N2O3S. The first-order chi connectivity index (χ1) is 9.72. The average Bonchev–Trinajstić information content (AvgIpc) is 3.01. The molecule has 0 aliphatic carbocycles. The number of ether oxygens (including phenoxy) is 2. The summed E-state index contributed by atoms with van der Waals surface area (Å²) in [4.78, 5) is 16.3. The van der Waals surface area contributed by atoms with Crippen LogP contribution in [-0.2, 0) is 14.3 Å². The fraction of sp³-hybridized carbons (Fsp3) is 0.643.